The van der Waals surface area contributed by atoms with Crippen LogP contribution in [0.25, 0.3) is 27.2 Å². The average molecular weight is 277 g/mol. The first-order valence-electron chi connectivity index (χ1n) is 6.86. The molecule has 2 aromatic carbocycles. The number of benzene rings is 2. The van der Waals surface area contributed by atoms with Gasteiger partial charge in [-0.25, -0.2) is 0 Å². The van der Waals surface area contributed by atoms with Crippen molar-refractivity contribution in [3.8, 4) is 11.5 Å². The predicted molar refractivity (Wildman–Crippen MR) is 85.5 cm³/mol. The molecule has 0 unspecified atom stereocenters. The van der Waals surface area contributed by atoms with E-state index in [0.29, 0.717) is 0 Å². The molecule has 4 rings (SSSR count). The number of hydrogen-bond donors (Lipinski definition) is 0. The number of aromatic nitrogens is 1. The molecular weight excluding hydrogens is 262 g/mol. The van der Waals surface area contributed by atoms with Gasteiger partial charge in [0.1, 0.15) is 11.5 Å². The van der Waals surface area contributed by atoms with E-state index < -0.39 is 0 Å². The first-order chi connectivity index (χ1) is 10.3. The summed E-state index contributed by atoms with van der Waals surface area (Å²) in [6.45, 7) is 0. The second-order valence-electron chi connectivity index (χ2n) is 5.09. The quantitative estimate of drug-likeness (QED) is 0.546. The second kappa shape index (κ2) is 4.42. The van der Waals surface area contributed by atoms with Gasteiger partial charge < -0.3 is 13.9 Å². The number of ether oxygens (including phenoxy) is 2. The second-order valence-corrected chi connectivity index (χ2v) is 5.09. The van der Waals surface area contributed by atoms with Crippen LogP contribution in [0.1, 0.15) is 0 Å². The molecule has 3 nitrogen and oxygen atoms in total. The molecule has 4 aromatic rings. The maximum Gasteiger partial charge on any atom is 0.120 e. The van der Waals surface area contributed by atoms with E-state index in [1.54, 1.807) is 14.2 Å². The van der Waals surface area contributed by atoms with Gasteiger partial charge >= 0.3 is 0 Å². The molecule has 21 heavy (non-hydrogen) atoms. The lowest BCUT2D eigenvalue weighted by Crippen LogP contribution is -1.87. The molecule has 3 heteroatoms. The van der Waals surface area contributed by atoms with Crippen LogP contribution in [0.4, 0.5) is 0 Å². The van der Waals surface area contributed by atoms with Crippen molar-refractivity contribution in [2.75, 3.05) is 14.2 Å². The summed E-state index contributed by atoms with van der Waals surface area (Å²) in [6, 6.07) is 16.7. The first kappa shape index (κ1) is 12.1. The van der Waals surface area contributed by atoms with Gasteiger partial charge in [0.15, 0.2) is 0 Å². The molecule has 0 aliphatic rings. The number of hydrogen-bond acceptors (Lipinski definition) is 2. The minimum absolute atomic E-state index is 0.873. The van der Waals surface area contributed by atoms with Crippen LogP contribution in [0.2, 0.25) is 0 Å². The molecule has 2 heterocycles. The Morgan fingerprint density at radius 2 is 1.48 bits per heavy atom. The minimum Gasteiger partial charge on any atom is -0.497 e. The Bertz CT molecular complexity index is 969. The molecule has 2 aromatic heterocycles. The maximum absolute atomic E-state index is 5.33. The molecule has 0 spiro atoms. The Balaban J connectivity index is 2.11. The smallest absolute Gasteiger partial charge is 0.120 e. The van der Waals surface area contributed by atoms with Crippen molar-refractivity contribution in [2.24, 2.45) is 0 Å². The van der Waals surface area contributed by atoms with Gasteiger partial charge in [0.05, 0.1) is 25.3 Å². The van der Waals surface area contributed by atoms with E-state index >= 15 is 0 Å². The molecule has 0 fully saturated rings. The number of nitrogens with zero attached hydrogens (tertiary/aromatic N) is 1. The molecule has 0 radical (unpaired) electrons. The number of fused-ring (bicyclic) bond motifs is 5. The van der Waals surface area contributed by atoms with Crippen molar-refractivity contribution in [3.05, 3.63) is 54.7 Å². The number of rotatable bonds is 2. The van der Waals surface area contributed by atoms with Gasteiger partial charge in [-0.2, -0.15) is 0 Å². The van der Waals surface area contributed by atoms with Crippen LogP contribution in [0, 0.1) is 0 Å². The Labute approximate surface area is 122 Å². The highest BCUT2D eigenvalue weighted by Crippen LogP contribution is 2.30. The van der Waals surface area contributed by atoms with Gasteiger partial charge in [-0.3, -0.25) is 0 Å². The van der Waals surface area contributed by atoms with E-state index in [2.05, 4.69) is 47.0 Å². The third kappa shape index (κ3) is 1.74. The van der Waals surface area contributed by atoms with E-state index in [9.17, 15) is 0 Å². The van der Waals surface area contributed by atoms with Crippen LogP contribution in [0.3, 0.4) is 0 Å². The molecule has 0 N–H and O–H groups in total. The summed E-state index contributed by atoms with van der Waals surface area (Å²) in [5.74, 6) is 1.75. The van der Waals surface area contributed by atoms with Crippen LogP contribution in [0.5, 0.6) is 11.5 Å². The topological polar surface area (TPSA) is 22.9 Å². The van der Waals surface area contributed by atoms with Gasteiger partial charge in [0.25, 0.3) is 0 Å². The zero-order valence-corrected chi connectivity index (χ0v) is 12.0. The van der Waals surface area contributed by atoms with Crippen molar-refractivity contribution in [2.45, 2.75) is 0 Å². The van der Waals surface area contributed by atoms with Crippen molar-refractivity contribution >= 4 is 27.2 Å². The molecule has 0 aliphatic carbocycles. The fraction of sp³-hybridized carbons (Fsp3) is 0.111. The van der Waals surface area contributed by atoms with E-state index in [0.717, 1.165) is 17.0 Å². The van der Waals surface area contributed by atoms with E-state index in [1.165, 1.54) is 21.7 Å². The summed E-state index contributed by atoms with van der Waals surface area (Å²) in [5, 5.41) is 3.60. The predicted octanol–water partition coefficient (Wildman–Crippen LogP) is 4.26. The van der Waals surface area contributed by atoms with E-state index in [1.807, 2.05) is 12.1 Å². The summed E-state index contributed by atoms with van der Waals surface area (Å²) < 4.78 is 12.8. The van der Waals surface area contributed by atoms with Gasteiger partial charge in [-0.15, -0.1) is 0 Å². The number of methoxy groups -OCH3 is 2. The van der Waals surface area contributed by atoms with Crippen molar-refractivity contribution in [3.63, 3.8) is 0 Å². The van der Waals surface area contributed by atoms with Crippen LogP contribution in [0.15, 0.2) is 54.7 Å². The lowest BCUT2D eigenvalue weighted by molar-refractivity contribution is 0.415. The van der Waals surface area contributed by atoms with Gasteiger partial charge in [-0.05, 0) is 47.9 Å². The first-order valence-corrected chi connectivity index (χ1v) is 6.86. The third-order valence-electron chi connectivity index (χ3n) is 3.99. The van der Waals surface area contributed by atoms with Crippen LogP contribution in [-0.2, 0) is 0 Å². The molecule has 0 saturated carbocycles. The van der Waals surface area contributed by atoms with Crippen molar-refractivity contribution in [1.29, 1.82) is 0 Å². The van der Waals surface area contributed by atoms with Crippen LogP contribution >= 0.6 is 0 Å². The molecule has 0 saturated heterocycles. The van der Waals surface area contributed by atoms with Crippen LogP contribution < -0.4 is 9.47 Å². The molecule has 0 atom stereocenters. The summed E-state index contributed by atoms with van der Waals surface area (Å²) >= 11 is 0. The Morgan fingerprint density at radius 3 is 2.29 bits per heavy atom. The fourth-order valence-electron chi connectivity index (χ4n) is 2.89. The summed E-state index contributed by atoms with van der Waals surface area (Å²) in [7, 11) is 3.39. The Kier molecular flexibility index (Phi) is 2.54. The summed E-state index contributed by atoms with van der Waals surface area (Å²) in [5.41, 5.74) is 2.35. The molecular formula is C18H15NO2. The SMILES string of the molecule is COc1ccc2c(ccn3c4cc(OC)ccc4cc23)c1. The van der Waals surface area contributed by atoms with Crippen molar-refractivity contribution < 1.29 is 9.47 Å². The molecule has 0 amide bonds. The zero-order chi connectivity index (χ0) is 14.4. The zero-order valence-electron chi connectivity index (χ0n) is 12.0. The van der Waals surface area contributed by atoms with E-state index in [4.69, 9.17) is 9.47 Å². The number of pyridine rings is 1. The lowest BCUT2D eigenvalue weighted by Gasteiger charge is -2.05. The maximum atomic E-state index is 5.33. The minimum atomic E-state index is 0.873. The largest absolute Gasteiger partial charge is 0.497 e. The van der Waals surface area contributed by atoms with Gasteiger partial charge in [0.2, 0.25) is 0 Å². The highest BCUT2D eigenvalue weighted by Gasteiger charge is 2.07. The van der Waals surface area contributed by atoms with Gasteiger partial charge in [-0.1, -0.05) is 0 Å². The van der Waals surface area contributed by atoms with Gasteiger partial charge in [0, 0.05) is 23.0 Å². The van der Waals surface area contributed by atoms with E-state index in [-0.39, 0.29) is 0 Å². The normalized spacial score (nSPS) is 11.3. The monoisotopic (exact) mass is 277 g/mol. The Hall–Kier alpha value is -2.68. The highest BCUT2D eigenvalue weighted by atomic mass is 16.5. The van der Waals surface area contributed by atoms with Crippen LogP contribution in [-0.4, -0.2) is 18.6 Å². The fourth-order valence-corrected chi connectivity index (χ4v) is 2.89. The summed E-state index contributed by atoms with van der Waals surface area (Å²) in [4.78, 5) is 0. The molecule has 0 aliphatic heterocycles. The third-order valence-corrected chi connectivity index (χ3v) is 3.99. The standard InChI is InChI=1S/C18H15NO2/c1-20-14-5-6-16-12(9-14)7-8-19-17-11-15(21-2)4-3-13(17)10-18(16)19/h3-11H,1-2H3. The lowest BCUT2D eigenvalue weighted by atomic mass is 10.1. The summed E-state index contributed by atoms with van der Waals surface area (Å²) in [6.07, 6.45) is 2.10. The molecule has 0 bridgehead atoms. The molecule has 104 valence electrons. The highest BCUT2D eigenvalue weighted by molar-refractivity contribution is 6.02. The Morgan fingerprint density at radius 1 is 0.714 bits per heavy atom. The average Bonchev–Trinajstić information content (AvgIpc) is 2.92. The van der Waals surface area contributed by atoms with Crippen molar-refractivity contribution in [1.82, 2.24) is 4.40 Å².